The number of nitrogens with zero attached hydrogens (tertiary/aromatic N) is 3. The molecule has 5 aromatic rings. The van der Waals surface area contributed by atoms with E-state index in [1.807, 2.05) is 55.5 Å². The molecular formula is C37H36N6O4. The monoisotopic (exact) mass is 628 g/mol. The van der Waals surface area contributed by atoms with E-state index >= 15 is 0 Å². The predicted molar refractivity (Wildman–Crippen MR) is 182 cm³/mol. The molecule has 4 amide bonds. The van der Waals surface area contributed by atoms with Crippen molar-refractivity contribution in [3.05, 3.63) is 114 Å². The highest BCUT2D eigenvalue weighted by molar-refractivity contribution is 6.02. The van der Waals surface area contributed by atoms with Crippen LogP contribution < -0.4 is 10.6 Å². The van der Waals surface area contributed by atoms with Crippen LogP contribution >= 0.6 is 0 Å². The average molecular weight is 629 g/mol. The number of aromatic amines is 1. The maximum absolute atomic E-state index is 13.2. The van der Waals surface area contributed by atoms with Crippen LogP contribution in [0.2, 0.25) is 0 Å². The molecule has 0 bridgehead atoms. The maximum atomic E-state index is 13.2. The standard InChI is InChI=1S/C37H36N6O4/c1-2-21-42(36(46)26-10-5-3-6-11-26)24-33(44)38-28-17-15-25(16-18-28)34-40-30-20-19-29(23-31(30)41-34)39-35(45)32-14-9-22-43(32)37(47)27-12-7-4-8-13-27/h3-8,10-13,15-20,23,32H,2,9,14,21-22,24H2,1H3,(H,38,44)(H,39,45)(H,40,41)/t32-/m0/s1. The molecule has 0 spiro atoms. The van der Waals surface area contributed by atoms with Crippen molar-refractivity contribution in [2.45, 2.75) is 32.2 Å². The molecule has 10 nitrogen and oxygen atoms in total. The van der Waals surface area contributed by atoms with E-state index in [9.17, 15) is 19.2 Å². The lowest BCUT2D eigenvalue weighted by Gasteiger charge is -2.24. The third kappa shape index (κ3) is 7.22. The normalized spacial score (nSPS) is 14.1. The number of imidazole rings is 1. The topological polar surface area (TPSA) is 128 Å². The summed E-state index contributed by atoms with van der Waals surface area (Å²) in [6, 6.07) is 30.2. The fraction of sp³-hybridized carbons (Fsp3) is 0.216. The van der Waals surface area contributed by atoms with Gasteiger partial charge in [0.2, 0.25) is 11.8 Å². The molecule has 47 heavy (non-hydrogen) atoms. The number of hydrogen-bond donors (Lipinski definition) is 3. The van der Waals surface area contributed by atoms with Gasteiger partial charge in [-0.1, -0.05) is 43.3 Å². The molecule has 238 valence electrons. The zero-order valence-corrected chi connectivity index (χ0v) is 26.1. The smallest absolute Gasteiger partial charge is 0.254 e. The second-order valence-electron chi connectivity index (χ2n) is 11.5. The zero-order chi connectivity index (χ0) is 32.8. The summed E-state index contributed by atoms with van der Waals surface area (Å²) < 4.78 is 0. The number of carbonyl (C=O) groups excluding carboxylic acids is 4. The van der Waals surface area contributed by atoms with E-state index in [4.69, 9.17) is 4.98 Å². The van der Waals surface area contributed by atoms with Crippen LogP contribution in [0, 0.1) is 0 Å². The summed E-state index contributed by atoms with van der Waals surface area (Å²) in [5.74, 6) is -0.179. The van der Waals surface area contributed by atoms with Gasteiger partial charge in [-0.3, -0.25) is 19.2 Å². The first-order valence-corrected chi connectivity index (χ1v) is 15.8. The van der Waals surface area contributed by atoms with Gasteiger partial charge in [0.1, 0.15) is 18.4 Å². The van der Waals surface area contributed by atoms with Crippen molar-refractivity contribution >= 4 is 46.0 Å². The molecule has 1 aliphatic heterocycles. The number of anilines is 2. The van der Waals surface area contributed by atoms with Crippen LogP contribution in [0.4, 0.5) is 11.4 Å². The lowest BCUT2D eigenvalue weighted by Crippen LogP contribution is -2.43. The minimum absolute atomic E-state index is 0.0477. The SMILES string of the molecule is CCCN(CC(=O)Nc1ccc(-c2nc3cc(NC(=O)[C@@H]4CCCN4C(=O)c4ccccc4)ccc3[nH]2)cc1)C(=O)c1ccccc1. The third-order valence-electron chi connectivity index (χ3n) is 8.17. The summed E-state index contributed by atoms with van der Waals surface area (Å²) >= 11 is 0. The molecule has 4 aromatic carbocycles. The number of nitrogens with one attached hydrogen (secondary N) is 3. The molecular weight excluding hydrogens is 592 g/mol. The van der Waals surface area contributed by atoms with Gasteiger partial charge < -0.3 is 25.4 Å². The quantitative estimate of drug-likeness (QED) is 0.176. The van der Waals surface area contributed by atoms with Gasteiger partial charge in [0.25, 0.3) is 11.8 Å². The van der Waals surface area contributed by atoms with E-state index in [1.54, 1.807) is 64.4 Å². The van der Waals surface area contributed by atoms with Crippen molar-refractivity contribution in [2.24, 2.45) is 0 Å². The summed E-state index contributed by atoms with van der Waals surface area (Å²) in [6.07, 6.45) is 2.12. The second-order valence-corrected chi connectivity index (χ2v) is 11.5. The first-order chi connectivity index (χ1) is 22.9. The van der Waals surface area contributed by atoms with Crippen LogP contribution in [0.25, 0.3) is 22.4 Å². The summed E-state index contributed by atoms with van der Waals surface area (Å²) in [5.41, 5.74) is 4.62. The van der Waals surface area contributed by atoms with Crippen LogP contribution in [0.1, 0.15) is 46.9 Å². The van der Waals surface area contributed by atoms with Gasteiger partial charge >= 0.3 is 0 Å². The number of amides is 4. The van der Waals surface area contributed by atoms with Crippen LogP contribution in [0.5, 0.6) is 0 Å². The zero-order valence-electron chi connectivity index (χ0n) is 26.1. The van der Waals surface area contributed by atoms with Crippen LogP contribution in [-0.4, -0.2) is 69.1 Å². The minimum Gasteiger partial charge on any atom is -0.338 e. The molecule has 1 atom stereocenters. The van der Waals surface area contributed by atoms with Gasteiger partial charge in [-0.25, -0.2) is 4.98 Å². The molecule has 3 N–H and O–H groups in total. The third-order valence-corrected chi connectivity index (χ3v) is 8.17. The molecule has 1 saturated heterocycles. The minimum atomic E-state index is -0.536. The number of likely N-dealkylation sites (tertiary alicyclic amines) is 1. The Morgan fingerprint density at radius 2 is 1.53 bits per heavy atom. The molecule has 0 saturated carbocycles. The predicted octanol–water partition coefficient (Wildman–Crippen LogP) is 5.96. The highest BCUT2D eigenvalue weighted by Gasteiger charge is 2.34. The Bertz CT molecular complexity index is 1890. The van der Waals surface area contributed by atoms with Gasteiger partial charge in [0, 0.05) is 41.2 Å². The van der Waals surface area contributed by atoms with Gasteiger partial charge in [-0.2, -0.15) is 0 Å². The summed E-state index contributed by atoms with van der Waals surface area (Å²) in [5, 5.41) is 5.86. The average Bonchev–Trinajstić information content (AvgIpc) is 3.76. The Labute approximate surface area is 272 Å². The number of aromatic nitrogens is 2. The lowest BCUT2D eigenvalue weighted by atomic mass is 10.1. The Morgan fingerprint density at radius 1 is 0.851 bits per heavy atom. The van der Waals surface area contributed by atoms with Gasteiger partial charge in [0.15, 0.2) is 0 Å². The van der Waals surface area contributed by atoms with Gasteiger partial charge in [0.05, 0.1) is 11.0 Å². The number of fused-ring (bicyclic) bond motifs is 1. The van der Waals surface area contributed by atoms with Crippen LogP contribution in [0.3, 0.4) is 0 Å². The van der Waals surface area contributed by atoms with Crippen molar-refractivity contribution in [3.63, 3.8) is 0 Å². The van der Waals surface area contributed by atoms with E-state index < -0.39 is 6.04 Å². The first kappa shape index (κ1) is 31.2. The van der Waals surface area contributed by atoms with Gasteiger partial charge in [-0.05, 0) is 86.0 Å². The largest absolute Gasteiger partial charge is 0.338 e. The Kier molecular flexibility index (Phi) is 9.38. The highest BCUT2D eigenvalue weighted by atomic mass is 16.2. The Balaban J connectivity index is 1.08. The molecule has 0 unspecified atom stereocenters. The maximum Gasteiger partial charge on any atom is 0.254 e. The van der Waals surface area contributed by atoms with E-state index in [1.165, 1.54) is 0 Å². The Morgan fingerprint density at radius 3 is 2.23 bits per heavy atom. The van der Waals surface area contributed by atoms with Crippen molar-refractivity contribution in [1.29, 1.82) is 0 Å². The number of rotatable bonds is 10. The summed E-state index contributed by atoms with van der Waals surface area (Å²) in [6.45, 7) is 2.94. The molecule has 1 aromatic heterocycles. The van der Waals surface area contributed by atoms with Crippen molar-refractivity contribution in [1.82, 2.24) is 19.8 Å². The van der Waals surface area contributed by atoms with Crippen molar-refractivity contribution < 1.29 is 19.2 Å². The van der Waals surface area contributed by atoms with Crippen LogP contribution in [-0.2, 0) is 9.59 Å². The molecule has 0 aliphatic carbocycles. The fourth-order valence-electron chi connectivity index (χ4n) is 5.85. The number of H-pyrrole nitrogens is 1. The lowest BCUT2D eigenvalue weighted by molar-refractivity contribution is -0.119. The van der Waals surface area contributed by atoms with Crippen LogP contribution in [0.15, 0.2) is 103 Å². The van der Waals surface area contributed by atoms with E-state index in [0.29, 0.717) is 53.4 Å². The Hall–Kier alpha value is -5.77. The highest BCUT2D eigenvalue weighted by Crippen LogP contribution is 2.26. The number of hydrogen-bond acceptors (Lipinski definition) is 5. The molecule has 6 rings (SSSR count). The number of benzene rings is 4. The summed E-state index contributed by atoms with van der Waals surface area (Å²) in [7, 11) is 0. The molecule has 0 radical (unpaired) electrons. The molecule has 1 fully saturated rings. The summed E-state index contributed by atoms with van der Waals surface area (Å²) in [4.78, 5) is 63.3. The van der Waals surface area contributed by atoms with E-state index in [0.717, 1.165) is 23.9 Å². The van der Waals surface area contributed by atoms with E-state index in [2.05, 4.69) is 15.6 Å². The number of carbonyl (C=O) groups is 4. The second kappa shape index (κ2) is 14.1. The fourth-order valence-corrected chi connectivity index (χ4v) is 5.85. The van der Waals surface area contributed by atoms with Gasteiger partial charge in [-0.15, -0.1) is 0 Å². The van der Waals surface area contributed by atoms with Crippen molar-refractivity contribution in [2.75, 3.05) is 30.3 Å². The first-order valence-electron chi connectivity index (χ1n) is 15.8. The van der Waals surface area contributed by atoms with E-state index in [-0.39, 0.29) is 30.2 Å². The molecule has 1 aliphatic rings. The molecule has 10 heteroatoms. The van der Waals surface area contributed by atoms with Crippen molar-refractivity contribution in [3.8, 4) is 11.4 Å². The molecule has 2 heterocycles.